The van der Waals surface area contributed by atoms with Crippen molar-refractivity contribution >= 4 is 40.0 Å². The third kappa shape index (κ3) is 4.19. The molecule has 1 N–H and O–H groups in total. The van der Waals surface area contributed by atoms with Gasteiger partial charge in [-0.15, -0.1) is 0 Å². The maximum atomic E-state index is 13.4. The van der Waals surface area contributed by atoms with Gasteiger partial charge in [0.25, 0.3) is 11.5 Å². The average molecular weight is 536 g/mol. The standard InChI is InChI=1S/C26H21N3O8S/c1-34-21-12-16(13-22(35-2)24(21)36-3)26(31)18(10-14-4-7-17(8-5-14)29(32)33)23(25(30)37-26)15-6-9-19-20(11-15)28-38-27-19/h4-9,11-13,31H,10H2,1-3H3. The Bertz CT molecular complexity index is 1570. The van der Waals surface area contributed by atoms with Crippen molar-refractivity contribution in [3.63, 3.8) is 0 Å². The number of aromatic nitrogens is 2. The lowest BCUT2D eigenvalue weighted by Crippen LogP contribution is -2.30. The van der Waals surface area contributed by atoms with Gasteiger partial charge in [0.05, 0.1) is 43.6 Å². The lowest BCUT2D eigenvalue weighted by molar-refractivity contribution is -0.384. The number of esters is 1. The summed E-state index contributed by atoms with van der Waals surface area (Å²) in [6.07, 6.45) is 0.0413. The zero-order chi connectivity index (χ0) is 27.0. The number of ether oxygens (including phenoxy) is 4. The summed E-state index contributed by atoms with van der Waals surface area (Å²) in [5.74, 6) is -2.15. The summed E-state index contributed by atoms with van der Waals surface area (Å²) in [5, 5.41) is 23.1. The van der Waals surface area contributed by atoms with Gasteiger partial charge in [-0.2, -0.15) is 8.75 Å². The van der Waals surface area contributed by atoms with Gasteiger partial charge in [-0.25, -0.2) is 4.79 Å². The number of rotatable bonds is 8. The number of nitro benzene ring substituents is 1. The summed E-state index contributed by atoms with van der Waals surface area (Å²) in [6, 6.07) is 14.0. The van der Waals surface area contributed by atoms with Gasteiger partial charge in [0, 0.05) is 29.7 Å². The molecule has 0 fully saturated rings. The van der Waals surface area contributed by atoms with Gasteiger partial charge >= 0.3 is 5.97 Å². The fourth-order valence-electron chi connectivity index (χ4n) is 4.43. The number of cyclic esters (lactones) is 1. The van der Waals surface area contributed by atoms with Crippen molar-refractivity contribution in [2.45, 2.75) is 12.2 Å². The SMILES string of the molecule is COc1cc(C2(O)OC(=O)C(c3ccc4nsnc4c3)=C2Cc2ccc([N+](=O)[O-])cc2)cc(OC)c1OC. The van der Waals surface area contributed by atoms with Crippen LogP contribution in [-0.4, -0.2) is 46.1 Å². The lowest BCUT2D eigenvalue weighted by Gasteiger charge is -2.27. The number of benzene rings is 3. The Morgan fingerprint density at radius 3 is 2.24 bits per heavy atom. The Hall–Kier alpha value is -4.55. The maximum absolute atomic E-state index is 13.4. The van der Waals surface area contributed by atoms with E-state index in [0.29, 0.717) is 27.9 Å². The molecule has 38 heavy (non-hydrogen) atoms. The zero-order valence-electron chi connectivity index (χ0n) is 20.5. The topological polar surface area (TPSA) is 143 Å². The van der Waals surface area contributed by atoms with Crippen molar-refractivity contribution in [1.82, 2.24) is 8.75 Å². The summed E-state index contributed by atoms with van der Waals surface area (Å²) in [4.78, 5) is 24.0. The minimum absolute atomic E-state index is 0.0413. The Kier molecular flexibility index (Phi) is 6.43. The van der Waals surface area contributed by atoms with Crippen LogP contribution in [0.3, 0.4) is 0 Å². The number of hydrogen-bond donors (Lipinski definition) is 1. The van der Waals surface area contributed by atoms with Crippen LogP contribution in [0.15, 0.2) is 60.2 Å². The number of nitro groups is 1. The average Bonchev–Trinajstić information content (AvgIpc) is 3.49. The van der Waals surface area contributed by atoms with E-state index < -0.39 is 16.7 Å². The highest BCUT2D eigenvalue weighted by Crippen LogP contribution is 2.49. The van der Waals surface area contributed by atoms with E-state index in [1.807, 2.05) is 0 Å². The molecule has 0 amide bonds. The number of carbonyl (C=O) groups excluding carboxylic acids is 1. The molecule has 11 nitrogen and oxygen atoms in total. The van der Waals surface area contributed by atoms with Crippen LogP contribution in [0.4, 0.5) is 5.69 Å². The zero-order valence-corrected chi connectivity index (χ0v) is 21.3. The second-order valence-corrected chi connectivity index (χ2v) is 8.90. The molecule has 5 rings (SSSR count). The molecule has 3 aromatic carbocycles. The first-order valence-corrected chi connectivity index (χ1v) is 12.0. The summed E-state index contributed by atoms with van der Waals surface area (Å²) in [5.41, 5.74) is 2.82. The van der Waals surface area contributed by atoms with Gasteiger partial charge in [0.2, 0.25) is 5.75 Å². The highest BCUT2D eigenvalue weighted by atomic mass is 32.1. The minimum Gasteiger partial charge on any atom is -0.493 e. The molecule has 1 aromatic heterocycles. The number of methoxy groups -OCH3 is 3. The van der Waals surface area contributed by atoms with E-state index in [-0.39, 0.29) is 40.3 Å². The highest BCUT2D eigenvalue weighted by Gasteiger charge is 2.49. The van der Waals surface area contributed by atoms with Crippen LogP contribution in [0.5, 0.6) is 17.2 Å². The molecule has 0 aliphatic carbocycles. The molecule has 1 aliphatic rings. The number of non-ortho nitro benzene ring substituents is 1. The molecule has 0 bridgehead atoms. The summed E-state index contributed by atoms with van der Waals surface area (Å²) < 4.78 is 30.4. The Morgan fingerprint density at radius 1 is 0.974 bits per heavy atom. The van der Waals surface area contributed by atoms with Crippen molar-refractivity contribution in [3.05, 3.63) is 87.0 Å². The Balaban J connectivity index is 1.72. The van der Waals surface area contributed by atoms with Gasteiger partial charge in [0.15, 0.2) is 11.5 Å². The molecule has 0 radical (unpaired) electrons. The number of hydrogen-bond acceptors (Lipinski definition) is 11. The van der Waals surface area contributed by atoms with Crippen LogP contribution >= 0.6 is 11.7 Å². The number of carbonyl (C=O) groups is 1. The molecule has 2 heterocycles. The molecule has 0 spiro atoms. The molecular weight excluding hydrogens is 514 g/mol. The smallest absolute Gasteiger partial charge is 0.342 e. The first-order chi connectivity index (χ1) is 18.3. The van der Waals surface area contributed by atoms with Crippen molar-refractivity contribution < 1.29 is 33.8 Å². The fourth-order valence-corrected chi connectivity index (χ4v) is 4.94. The molecule has 0 saturated heterocycles. The molecule has 1 unspecified atom stereocenters. The quantitative estimate of drug-likeness (QED) is 0.200. The number of fused-ring (bicyclic) bond motifs is 1. The predicted octanol–water partition coefficient (Wildman–Crippen LogP) is 4.02. The van der Waals surface area contributed by atoms with Gasteiger partial charge in [0.1, 0.15) is 11.0 Å². The van der Waals surface area contributed by atoms with Crippen molar-refractivity contribution in [2.75, 3.05) is 21.3 Å². The second kappa shape index (κ2) is 9.72. The summed E-state index contributed by atoms with van der Waals surface area (Å²) in [6.45, 7) is 0. The molecule has 1 aliphatic heterocycles. The van der Waals surface area contributed by atoms with Crippen LogP contribution in [-0.2, 0) is 21.7 Å². The maximum Gasteiger partial charge on any atom is 0.342 e. The monoisotopic (exact) mass is 535 g/mol. The van der Waals surface area contributed by atoms with Crippen LogP contribution in [0.2, 0.25) is 0 Å². The molecule has 0 saturated carbocycles. The van der Waals surface area contributed by atoms with E-state index in [1.165, 1.54) is 45.6 Å². The van der Waals surface area contributed by atoms with Gasteiger partial charge < -0.3 is 24.1 Å². The number of aliphatic hydroxyl groups is 1. The number of nitrogens with zero attached hydrogens (tertiary/aromatic N) is 3. The van der Waals surface area contributed by atoms with E-state index in [1.54, 1.807) is 30.3 Å². The summed E-state index contributed by atoms with van der Waals surface area (Å²) in [7, 11) is 4.32. The Labute approximate surface area is 220 Å². The van der Waals surface area contributed by atoms with Gasteiger partial charge in [-0.05, 0) is 35.4 Å². The van der Waals surface area contributed by atoms with Gasteiger partial charge in [-0.1, -0.05) is 18.2 Å². The van der Waals surface area contributed by atoms with Crippen LogP contribution < -0.4 is 14.2 Å². The van der Waals surface area contributed by atoms with E-state index >= 15 is 0 Å². The Morgan fingerprint density at radius 2 is 1.63 bits per heavy atom. The fraction of sp³-hybridized carbons (Fsp3) is 0.192. The molecule has 12 heteroatoms. The first-order valence-electron chi connectivity index (χ1n) is 11.2. The van der Waals surface area contributed by atoms with E-state index in [2.05, 4.69) is 8.75 Å². The first kappa shape index (κ1) is 25.1. The predicted molar refractivity (Wildman–Crippen MR) is 137 cm³/mol. The largest absolute Gasteiger partial charge is 0.493 e. The molecule has 194 valence electrons. The van der Waals surface area contributed by atoms with Gasteiger partial charge in [-0.3, -0.25) is 10.1 Å². The summed E-state index contributed by atoms with van der Waals surface area (Å²) >= 11 is 1.04. The highest BCUT2D eigenvalue weighted by molar-refractivity contribution is 7.00. The van der Waals surface area contributed by atoms with Crippen LogP contribution in [0, 0.1) is 10.1 Å². The second-order valence-electron chi connectivity index (χ2n) is 8.37. The third-order valence-corrected chi connectivity index (χ3v) is 6.84. The van der Waals surface area contributed by atoms with Crippen molar-refractivity contribution in [3.8, 4) is 17.2 Å². The normalized spacial score (nSPS) is 17.0. The molecular formula is C26H21N3O8S. The van der Waals surface area contributed by atoms with Crippen LogP contribution in [0.1, 0.15) is 16.7 Å². The van der Waals surface area contributed by atoms with E-state index in [9.17, 15) is 20.0 Å². The minimum atomic E-state index is -2.21. The third-order valence-electron chi connectivity index (χ3n) is 6.28. The van der Waals surface area contributed by atoms with Crippen molar-refractivity contribution in [1.29, 1.82) is 0 Å². The molecule has 4 aromatic rings. The molecule has 1 atom stereocenters. The lowest BCUT2D eigenvalue weighted by atomic mass is 9.87. The van der Waals surface area contributed by atoms with E-state index in [0.717, 1.165) is 11.7 Å². The van der Waals surface area contributed by atoms with Crippen LogP contribution in [0.25, 0.3) is 16.6 Å². The van der Waals surface area contributed by atoms with E-state index in [4.69, 9.17) is 18.9 Å². The van der Waals surface area contributed by atoms with Crippen molar-refractivity contribution in [2.24, 2.45) is 0 Å².